The number of carbonyl (C=O) groups excluding carboxylic acids is 1. The van der Waals surface area contributed by atoms with Gasteiger partial charge >= 0.3 is 0 Å². The Bertz CT molecular complexity index is 265. The van der Waals surface area contributed by atoms with Gasteiger partial charge in [0.25, 0.3) is 0 Å². The maximum absolute atomic E-state index is 11.0. The van der Waals surface area contributed by atoms with Crippen LogP contribution in [0, 0.1) is 0 Å². The van der Waals surface area contributed by atoms with Gasteiger partial charge in [0.2, 0.25) is 0 Å². The molecule has 0 fully saturated rings. The number of ketones is 1. The SMILES string of the molecule is C=CC1=C(N(C)CC(C)=O)CCCC1. The highest BCUT2D eigenvalue weighted by Crippen LogP contribution is 2.26. The van der Waals surface area contributed by atoms with Gasteiger partial charge in [-0.05, 0) is 38.2 Å². The first-order valence-electron chi connectivity index (χ1n) is 5.20. The summed E-state index contributed by atoms with van der Waals surface area (Å²) in [7, 11) is 1.99. The predicted molar refractivity (Wildman–Crippen MR) is 59.0 cm³/mol. The minimum Gasteiger partial charge on any atom is -0.370 e. The molecule has 0 saturated carbocycles. The van der Waals surface area contributed by atoms with Crippen molar-refractivity contribution in [2.45, 2.75) is 32.6 Å². The number of Topliss-reactive ketones (excluding diaryl/α,β-unsaturated/α-hetero) is 1. The number of nitrogens with zero attached hydrogens (tertiary/aromatic N) is 1. The molecule has 0 aromatic rings. The van der Waals surface area contributed by atoms with Crippen molar-refractivity contribution in [2.75, 3.05) is 13.6 Å². The summed E-state index contributed by atoms with van der Waals surface area (Å²) in [4.78, 5) is 13.1. The van der Waals surface area contributed by atoms with Gasteiger partial charge in [-0.1, -0.05) is 12.7 Å². The summed E-state index contributed by atoms with van der Waals surface area (Å²) in [5.41, 5.74) is 2.63. The van der Waals surface area contributed by atoms with Gasteiger partial charge in [-0.25, -0.2) is 0 Å². The molecule has 14 heavy (non-hydrogen) atoms. The highest BCUT2D eigenvalue weighted by Gasteiger charge is 2.14. The fourth-order valence-corrected chi connectivity index (χ4v) is 2.00. The van der Waals surface area contributed by atoms with Crippen molar-refractivity contribution in [3.8, 4) is 0 Å². The van der Waals surface area contributed by atoms with Crippen LogP contribution >= 0.6 is 0 Å². The summed E-state index contributed by atoms with van der Waals surface area (Å²) < 4.78 is 0. The Morgan fingerprint density at radius 3 is 2.71 bits per heavy atom. The van der Waals surface area contributed by atoms with Crippen LogP contribution in [0.1, 0.15) is 32.6 Å². The first-order valence-corrected chi connectivity index (χ1v) is 5.20. The zero-order valence-electron chi connectivity index (χ0n) is 9.18. The smallest absolute Gasteiger partial charge is 0.149 e. The lowest BCUT2D eigenvalue weighted by Crippen LogP contribution is -2.26. The molecule has 0 bridgehead atoms. The van der Waals surface area contributed by atoms with Crippen molar-refractivity contribution >= 4 is 5.78 Å². The van der Waals surface area contributed by atoms with Gasteiger partial charge in [0.15, 0.2) is 0 Å². The topological polar surface area (TPSA) is 20.3 Å². The summed E-state index contributed by atoms with van der Waals surface area (Å²) in [6.07, 6.45) is 6.62. The third-order valence-electron chi connectivity index (χ3n) is 2.65. The molecule has 0 N–H and O–H groups in total. The molecule has 2 nitrogen and oxygen atoms in total. The third kappa shape index (κ3) is 2.72. The molecule has 0 aromatic heterocycles. The molecule has 2 heteroatoms. The maximum Gasteiger partial charge on any atom is 0.149 e. The van der Waals surface area contributed by atoms with E-state index < -0.39 is 0 Å². The van der Waals surface area contributed by atoms with Crippen molar-refractivity contribution in [1.82, 2.24) is 4.90 Å². The minimum absolute atomic E-state index is 0.217. The van der Waals surface area contributed by atoms with Crippen LogP contribution in [-0.4, -0.2) is 24.3 Å². The van der Waals surface area contributed by atoms with E-state index in [-0.39, 0.29) is 5.78 Å². The molecule has 0 heterocycles. The third-order valence-corrected chi connectivity index (χ3v) is 2.65. The first kappa shape index (κ1) is 11.0. The van der Waals surface area contributed by atoms with Crippen LogP contribution in [0.5, 0.6) is 0 Å². The standard InChI is InChI=1S/C12H19NO/c1-4-11-7-5-6-8-12(11)13(3)9-10(2)14/h4H,1,5-9H2,2-3H3. The van der Waals surface area contributed by atoms with Gasteiger partial charge in [0.1, 0.15) is 5.78 Å². The fourth-order valence-electron chi connectivity index (χ4n) is 2.00. The van der Waals surface area contributed by atoms with E-state index in [1.165, 1.54) is 24.1 Å². The average Bonchev–Trinajstić information content (AvgIpc) is 2.16. The van der Waals surface area contributed by atoms with E-state index in [0.717, 1.165) is 12.8 Å². The monoisotopic (exact) mass is 193 g/mol. The lowest BCUT2D eigenvalue weighted by molar-refractivity contribution is -0.117. The molecule has 1 aliphatic carbocycles. The van der Waals surface area contributed by atoms with Crippen molar-refractivity contribution in [3.05, 3.63) is 23.9 Å². The van der Waals surface area contributed by atoms with Crippen LogP contribution in [0.25, 0.3) is 0 Å². The minimum atomic E-state index is 0.217. The Morgan fingerprint density at radius 1 is 1.50 bits per heavy atom. The van der Waals surface area contributed by atoms with Crippen molar-refractivity contribution in [1.29, 1.82) is 0 Å². The number of allylic oxidation sites excluding steroid dienone is 3. The van der Waals surface area contributed by atoms with E-state index in [1.807, 2.05) is 13.1 Å². The quantitative estimate of drug-likeness (QED) is 0.683. The van der Waals surface area contributed by atoms with E-state index in [9.17, 15) is 4.79 Å². The van der Waals surface area contributed by atoms with E-state index >= 15 is 0 Å². The normalized spacial score (nSPS) is 16.7. The molecule has 0 radical (unpaired) electrons. The second-order valence-corrected chi connectivity index (χ2v) is 3.94. The fraction of sp³-hybridized carbons (Fsp3) is 0.583. The maximum atomic E-state index is 11.0. The molecule has 0 aliphatic heterocycles. The summed E-state index contributed by atoms with van der Waals surface area (Å²) >= 11 is 0. The summed E-state index contributed by atoms with van der Waals surface area (Å²) in [6.45, 7) is 5.98. The predicted octanol–water partition coefficient (Wildman–Crippen LogP) is 2.52. The van der Waals surface area contributed by atoms with Gasteiger partial charge in [0, 0.05) is 12.7 Å². The molecule has 0 amide bonds. The molecule has 78 valence electrons. The molecule has 0 aromatic carbocycles. The van der Waals surface area contributed by atoms with Crippen molar-refractivity contribution in [3.63, 3.8) is 0 Å². The highest BCUT2D eigenvalue weighted by molar-refractivity contribution is 5.77. The highest BCUT2D eigenvalue weighted by atomic mass is 16.1. The number of carbonyl (C=O) groups is 1. The van der Waals surface area contributed by atoms with Crippen molar-refractivity contribution in [2.24, 2.45) is 0 Å². The lowest BCUT2D eigenvalue weighted by Gasteiger charge is -2.27. The molecule has 1 rings (SSSR count). The van der Waals surface area contributed by atoms with Gasteiger partial charge in [0.05, 0.1) is 6.54 Å². The number of likely N-dealkylation sites (N-methyl/N-ethyl adjacent to an activating group) is 1. The van der Waals surface area contributed by atoms with E-state index in [1.54, 1.807) is 6.92 Å². The summed E-state index contributed by atoms with van der Waals surface area (Å²) in [6, 6.07) is 0. The Morgan fingerprint density at radius 2 is 2.14 bits per heavy atom. The zero-order chi connectivity index (χ0) is 10.6. The molecule has 0 saturated heterocycles. The van der Waals surface area contributed by atoms with Crippen LogP contribution in [0.15, 0.2) is 23.9 Å². The average molecular weight is 193 g/mol. The lowest BCUT2D eigenvalue weighted by atomic mass is 9.95. The van der Waals surface area contributed by atoms with E-state index in [0.29, 0.717) is 6.54 Å². The Labute approximate surface area is 86.3 Å². The number of hydrogen-bond donors (Lipinski definition) is 0. The van der Waals surface area contributed by atoms with Crippen molar-refractivity contribution < 1.29 is 4.79 Å². The van der Waals surface area contributed by atoms with Gasteiger partial charge in [-0.3, -0.25) is 4.79 Å². The van der Waals surface area contributed by atoms with Crippen LogP contribution in [0.4, 0.5) is 0 Å². The Hall–Kier alpha value is -1.05. The molecular formula is C12H19NO. The molecule has 0 spiro atoms. The van der Waals surface area contributed by atoms with Crippen LogP contribution in [0.3, 0.4) is 0 Å². The largest absolute Gasteiger partial charge is 0.370 e. The first-order chi connectivity index (χ1) is 6.65. The van der Waals surface area contributed by atoms with Gasteiger partial charge in [-0.2, -0.15) is 0 Å². The number of rotatable bonds is 4. The van der Waals surface area contributed by atoms with Gasteiger partial charge < -0.3 is 4.90 Å². The zero-order valence-corrected chi connectivity index (χ0v) is 9.18. The molecular weight excluding hydrogens is 174 g/mol. The summed E-state index contributed by atoms with van der Waals surface area (Å²) in [5.74, 6) is 0.217. The number of hydrogen-bond acceptors (Lipinski definition) is 2. The van der Waals surface area contributed by atoms with Crippen LogP contribution in [0.2, 0.25) is 0 Å². The molecule has 0 atom stereocenters. The molecule has 0 unspecified atom stereocenters. The van der Waals surface area contributed by atoms with Gasteiger partial charge in [-0.15, -0.1) is 0 Å². The summed E-state index contributed by atoms with van der Waals surface area (Å²) in [5, 5.41) is 0. The molecule has 1 aliphatic rings. The van der Waals surface area contributed by atoms with Crippen LogP contribution < -0.4 is 0 Å². The second-order valence-electron chi connectivity index (χ2n) is 3.94. The van der Waals surface area contributed by atoms with E-state index in [2.05, 4.69) is 11.5 Å². The second kappa shape index (κ2) is 4.99. The Kier molecular flexibility index (Phi) is 3.93. The Balaban J connectivity index is 2.75. The van der Waals surface area contributed by atoms with Crippen LogP contribution in [-0.2, 0) is 4.79 Å². The van der Waals surface area contributed by atoms with E-state index in [4.69, 9.17) is 0 Å².